The molecule has 0 bridgehead atoms. The fourth-order valence-electron chi connectivity index (χ4n) is 3.20. The fraction of sp³-hybridized carbons (Fsp3) is 0.192. The largest absolute Gasteiger partial charge is 0.488 e. The van der Waals surface area contributed by atoms with Crippen LogP contribution in [0.2, 0.25) is 20.1 Å². The summed E-state index contributed by atoms with van der Waals surface area (Å²) >= 11 is 24.2. The Kier molecular flexibility index (Phi) is 10.0. The first-order valence-electron chi connectivity index (χ1n) is 10.9. The van der Waals surface area contributed by atoms with Crippen molar-refractivity contribution in [2.24, 2.45) is 11.0 Å². The van der Waals surface area contributed by atoms with Crippen molar-refractivity contribution in [2.75, 3.05) is 0 Å². The van der Waals surface area contributed by atoms with E-state index in [-0.39, 0.29) is 23.1 Å². The zero-order valence-corrected chi connectivity index (χ0v) is 22.4. The quantitative estimate of drug-likeness (QED) is 0.221. The van der Waals surface area contributed by atoms with E-state index in [4.69, 9.17) is 51.1 Å². The van der Waals surface area contributed by atoms with Gasteiger partial charge in [0.05, 0.1) is 16.8 Å². The van der Waals surface area contributed by atoms with Gasteiger partial charge in [-0.05, 0) is 60.0 Å². The van der Waals surface area contributed by atoms with Crippen molar-refractivity contribution >= 4 is 64.4 Å². The van der Waals surface area contributed by atoms with Crippen molar-refractivity contribution in [2.45, 2.75) is 26.5 Å². The molecular weight excluding hydrogens is 544 g/mol. The average Bonchev–Trinajstić information content (AvgIpc) is 2.81. The summed E-state index contributed by atoms with van der Waals surface area (Å²) in [6.07, 6.45) is 1.42. The maximum Gasteiger partial charge on any atom is 0.262 e. The summed E-state index contributed by atoms with van der Waals surface area (Å²) in [5.41, 5.74) is 4.13. The summed E-state index contributed by atoms with van der Waals surface area (Å²) in [4.78, 5) is 25.5. The summed E-state index contributed by atoms with van der Waals surface area (Å²) in [7, 11) is 0. The van der Waals surface area contributed by atoms with Gasteiger partial charge < -0.3 is 10.1 Å². The van der Waals surface area contributed by atoms with E-state index >= 15 is 0 Å². The van der Waals surface area contributed by atoms with E-state index in [1.54, 1.807) is 44.2 Å². The Labute approximate surface area is 229 Å². The Morgan fingerprint density at radius 2 is 1.64 bits per heavy atom. The molecule has 2 amide bonds. The summed E-state index contributed by atoms with van der Waals surface area (Å²) < 4.78 is 5.90. The third-order valence-corrected chi connectivity index (χ3v) is 6.06. The lowest BCUT2D eigenvalue weighted by Crippen LogP contribution is -2.48. The molecule has 0 heterocycles. The number of hydrogen-bond acceptors (Lipinski definition) is 4. The van der Waals surface area contributed by atoms with Crippen LogP contribution in [-0.2, 0) is 11.4 Å². The standard InChI is InChI=1S/C26H23Cl4N3O3/c1-15(2)24(32-25(34)21-8-6-20(29)12-22(21)30)26(35)33-31-13-17-11-19(28)7-9-23(17)36-14-16-4-3-5-18(27)10-16/h3-13,15,24H,14H2,1-2H3,(H,32,34)(H,33,35)/b31-13+. The van der Waals surface area contributed by atoms with Gasteiger partial charge >= 0.3 is 0 Å². The number of nitrogens with zero attached hydrogens (tertiary/aromatic N) is 1. The van der Waals surface area contributed by atoms with E-state index in [9.17, 15) is 9.59 Å². The molecule has 0 saturated heterocycles. The first-order valence-corrected chi connectivity index (χ1v) is 12.4. The molecule has 0 aliphatic heterocycles. The average molecular weight is 567 g/mol. The van der Waals surface area contributed by atoms with Gasteiger partial charge in [-0.1, -0.05) is 72.4 Å². The summed E-state index contributed by atoms with van der Waals surface area (Å²) in [6, 6.07) is 16.0. The molecule has 10 heteroatoms. The van der Waals surface area contributed by atoms with Crippen molar-refractivity contribution in [1.29, 1.82) is 0 Å². The van der Waals surface area contributed by atoms with Crippen molar-refractivity contribution in [3.63, 3.8) is 0 Å². The zero-order valence-electron chi connectivity index (χ0n) is 19.4. The minimum absolute atomic E-state index is 0.187. The van der Waals surface area contributed by atoms with Crippen molar-refractivity contribution in [3.8, 4) is 5.75 Å². The van der Waals surface area contributed by atoms with Gasteiger partial charge in [-0.25, -0.2) is 5.43 Å². The first kappa shape index (κ1) is 27.8. The number of rotatable bonds is 9. The van der Waals surface area contributed by atoms with E-state index in [1.165, 1.54) is 18.3 Å². The molecule has 2 N–H and O–H groups in total. The second-order valence-corrected chi connectivity index (χ2v) is 9.87. The minimum atomic E-state index is -0.862. The van der Waals surface area contributed by atoms with E-state index in [0.717, 1.165) is 5.56 Å². The highest BCUT2D eigenvalue weighted by atomic mass is 35.5. The van der Waals surface area contributed by atoms with Crippen molar-refractivity contribution in [1.82, 2.24) is 10.7 Å². The van der Waals surface area contributed by atoms with Crippen LogP contribution in [0.3, 0.4) is 0 Å². The highest BCUT2D eigenvalue weighted by Crippen LogP contribution is 2.23. The SMILES string of the molecule is CC(C)C(NC(=O)c1ccc(Cl)cc1Cl)C(=O)N/N=C/c1cc(Cl)ccc1OCc1cccc(Cl)c1. The van der Waals surface area contributed by atoms with E-state index in [0.29, 0.717) is 26.4 Å². The molecule has 1 unspecified atom stereocenters. The summed E-state index contributed by atoms with van der Waals surface area (Å²) in [6.45, 7) is 3.89. The van der Waals surface area contributed by atoms with Gasteiger partial charge in [0, 0.05) is 20.6 Å². The first-order chi connectivity index (χ1) is 17.1. The number of carbonyl (C=O) groups excluding carboxylic acids is 2. The summed E-state index contributed by atoms with van der Waals surface area (Å²) in [5, 5.41) is 8.42. The normalized spacial score (nSPS) is 12.0. The summed E-state index contributed by atoms with van der Waals surface area (Å²) in [5.74, 6) is -0.703. The topological polar surface area (TPSA) is 79.8 Å². The molecule has 0 saturated carbocycles. The van der Waals surface area contributed by atoms with E-state index < -0.39 is 17.9 Å². The fourth-order valence-corrected chi connectivity index (χ4v) is 4.09. The van der Waals surface area contributed by atoms with Crippen LogP contribution in [0.15, 0.2) is 65.8 Å². The van der Waals surface area contributed by atoms with Gasteiger partial charge in [0.1, 0.15) is 18.4 Å². The Balaban J connectivity index is 1.68. The number of ether oxygens (including phenoxy) is 1. The number of amides is 2. The number of hydrogen-bond donors (Lipinski definition) is 2. The Morgan fingerprint density at radius 3 is 2.33 bits per heavy atom. The predicted octanol–water partition coefficient (Wildman–Crippen LogP) is 6.78. The van der Waals surface area contributed by atoms with Crippen LogP contribution in [0.25, 0.3) is 0 Å². The van der Waals surface area contributed by atoms with Crippen LogP contribution >= 0.6 is 46.4 Å². The predicted molar refractivity (Wildman–Crippen MR) is 146 cm³/mol. The van der Waals surface area contributed by atoms with Gasteiger partial charge in [0.15, 0.2) is 0 Å². The minimum Gasteiger partial charge on any atom is -0.488 e. The molecule has 3 aromatic rings. The molecule has 0 spiro atoms. The molecule has 0 aromatic heterocycles. The number of benzene rings is 3. The van der Waals surface area contributed by atoms with Gasteiger partial charge in [0.2, 0.25) is 0 Å². The lowest BCUT2D eigenvalue weighted by molar-refractivity contribution is -0.123. The highest BCUT2D eigenvalue weighted by Gasteiger charge is 2.25. The monoisotopic (exact) mass is 565 g/mol. The van der Waals surface area contributed by atoms with Crippen LogP contribution in [0.4, 0.5) is 0 Å². The van der Waals surface area contributed by atoms with Gasteiger partial charge in [0.25, 0.3) is 11.8 Å². The number of carbonyl (C=O) groups is 2. The van der Waals surface area contributed by atoms with Gasteiger partial charge in [-0.3, -0.25) is 9.59 Å². The highest BCUT2D eigenvalue weighted by molar-refractivity contribution is 6.36. The second kappa shape index (κ2) is 13.0. The number of hydrazone groups is 1. The van der Waals surface area contributed by atoms with Crippen LogP contribution in [0.1, 0.15) is 35.3 Å². The lowest BCUT2D eigenvalue weighted by Gasteiger charge is -2.20. The smallest absolute Gasteiger partial charge is 0.262 e. The zero-order chi connectivity index (χ0) is 26.2. The Bertz CT molecular complexity index is 1280. The molecule has 0 aliphatic carbocycles. The van der Waals surface area contributed by atoms with Crippen LogP contribution in [0.5, 0.6) is 5.75 Å². The van der Waals surface area contributed by atoms with Crippen LogP contribution < -0.4 is 15.5 Å². The molecule has 6 nitrogen and oxygen atoms in total. The Hall–Kier alpha value is -2.77. The molecule has 36 heavy (non-hydrogen) atoms. The molecule has 0 radical (unpaired) electrons. The lowest BCUT2D eigenvalue weighted by atomic mass is 10.0. The molecule has 1 atom stereocenters. The van der Waals surface area contributed by atoms with E-state index in [1.807, 2.05) is 18.2 Å². The third-order valence-electron chi connectivity index (χ3n) is 5.05. The molecular formula is C26H23Cl4N3O3. The van der Waals surface area contributed by atoms with Crippen molar-refractivity contribution in [3.05, 3.63) is 97.4 Å². The molecule has 188 valence electrons. The van der Waals surface area contributed by atoms with Crippen LogP contribution in [0, 0.1) is 5.92 Å². The van der Waals surface area contributed by atoms with Crippen LogP contribution in [-0.4, -0.2) is 24.1 Å². The second-order valence-electron chi connectivity index (χ2n) is 8.15. The van der Waals surface area contributed by atoms with Gasteiger partial charge in [-0.15, -0.1) is 0 Å². The van der Waals surface area contributed by atoms with E-state index in [2.05, 4.69) is 15.8 Å². The number of nitrogens with one attached hydrogen (secondary N) is 2. The van der Waals surface area contributed by atoms with Gasteiger partial charge in [-0.2, -0.15) is 5.10 Å². The maximum atomic E-state index is 12.8. The molecule has 0 fully saturated rings. The Morgan fingerprint density at radius 1 is 0.944 bits per heavy atom. The van der Waals surface area contributed by atoms with Crippen molar-refractivity contribution < 1.29 is 14.3 Å². The molecule has 0 aliphatic rings. The maximum absolute atomic E-state index is 12.8. The molecule has 3 rings (SSSR count). The number of halogens is 4. The third kappa shape index (κ3) is 7.87. The molecule has 3 aromatic carbocycles.